The van der Waals surface area contributed by atoms with Crippen LogP contribution in [-0.2, 0) is 0 Å². The van der Waals surface area contributed by atoms with Gasteiger partial charge in [-0.1, -0.05) is 22.0 Å². The van der Waals surface area contributed by atoms with Crippen molar-refractivity contribution >= 4 is 32.8 Å². The first-order valence-electron chi connectivity index (χ1n) is 5.12. The van der Waals surface area contributed by atoms with E-state index in [2.05, 4.69) is 31.2 Å². The Labute approximate surface area is 106 Å². The summed E-state index contributed by atoms with van der Waals surface area (Å²) in [5.74, 6) is 0.554. The van der Waals surface area contributed by atoms with Gasteiger partial charge in [-0.25, -0.2) is 4.68 Å². The highest BCUT2D eigenvalue weighted by Crippen LogP contribution is 2.25. The van der Waals surface area contributed by atoms with E-state index in [0.29, 0.717) is 5.82 Å². The zero-order valence-corrected chi connectivity index (χ0v) is 10.7. The van der Waals surface area contributed by atoms with Crippen LogP contribution in [-0.4, -0.2) is 20.0 Å². The average molecular weight is 292 g/mol. The molecule has 3 aromatic rings. The minimum absolute atomic E-state index is 0.554. The second-order valence-corrected chi connectivity index (χ2v) is 4.73. The smallest absolute Gasteiger partial charge is 0.186 e. The number of hydrogen-bond donors (Lipinski definition) is 2. The van der Waals surface area contributed by atoms with Gasteiger partial charge in [0, 0.05) is 4.47 Å². The summed E-state index contributed by atoms with van der Waals surface area (Å²) >= 11 is 3.44. The van der Waals surface area contributed by atoms with E-state index >= 15 is 0 Å². The summed E-state index contributed by atoms with van der Waals surface area (Å²) in [7, 11) is 0. The maximum Gasteiger partial charge on any atom is 0.186 e. The molecule has 1 aromatic carbocycles. The van der Waals surface area contributed by atoms with Gasteiger partial charge >= 0.3 is 0 Å². The molecule has 0 saturated carbocycles. The number of nitrogens with zero attached hydrogens (tertiary/aromatic N) is 3. The lowest BCUT2D eigenvalue weighted by Gasteiger charge is -2.01. The molecule has 0 aliphatic carbocycles. The summed E-state index contributed by atoms with van der Waals surface area (Å²) in [6, 6.07) is 7.88. The Morgan fingerprint density at radius 1 is 1.41 bits per heavy atom. The van der Waals surface area contributed by atoms with Crippen LogP contribution < -0.4 is 5.73 Å². The number of nitrogens with one attached hydrogen (secondary N) is 1. The van der Waals surface area contributed by atoms with E-state index in [1.54, 1.807) is 4.68 Å². The molecule has 6 heteroatoms. The van der Waals surface area contributed by atoms with E-state index in [1.165, 1.54) is 0 Å². The monoisotopic (exact) mass is 291 g/mol. The van der Waals surface area contributed by atoms with Crippen molar-refractivity contribution in [2.24, 2.45) is 0 Å². The van der Waals surface area contributed by atoms with Gasteiger partial charge in [-0.3, -0.25) is 5.10 Å². The van der Waals surface area contributed by atoms with E-state index in [1.807, 2.05) is 31.2 Å². The van der Waals surface area contributed by atoms with Crippen molar-refractivity contribution in [1.29, 1.82) is 0 Å². The molecule has 2 heterocycles. The Hall–Kier alpha value is -1.82. The third-order valence-electron chi connectivity index (χ3n) is 2.64. The minimum atomic E-state index is 0.554. The molecule has 5 nitrogen and oxygen atoms in total. The number of aryl methyl sites for hydroxylation is 1. The van der Waals surface area contributed by atoms with Crippen molar-refractivity contribution in [3.8, 4) is 5.69 Å². The summed E-state index contributed by atoms with van der Waals surface area (Å²) in [6.45, 7) is 1.92. The number of nitrogens with two attached hydrogens (primary N) is 1. The van der Waals surface area contributed by atoms with E-state index in [4.69, 9.17) is 5.73 Å². The third-order valence-corrected chi connectivity index (χ3v) is 3.13. The lowest BCUT2D eigenvalue weighted by atomic mass is 10.3. The number of aromatic nitrogens is 4. The highest BCUT2D eigenvalue weighted by molar-refractivity contribution is 9.10. The molecule has 2 aromatic heterocycles. The summed E-state index contributed by atoms with van der Waals surface area (Å²) in [4.78, 5) is 0. The van der Waals surface area contributed by atoms with Gasteiger partial charge in [0.15, 0.2) is 5.65 Å². The Kier molecular flexibility index (Phi) is 2.19. The third kappa shape index (κ3) is 1.52. The van der Waals surface area contributed by atoms with Crippen LogP contribution in [0.2, 0.25) is 0 Å². The Bertz CT molecular complexity index is 697. The molecule has 0 amide bonds. The number of halogens is 1. The van der Waals surface area contributed by atoms with Gasteiger partial charge < -0.3 is 5.73 Å². The van der Waals surface area contributed by atoms with Crippen LogP contribution in [0.4, 0.5) is 5.82 Å². The highest BCUT2D eigenvalue weighted by atomic mass is 79.9. The van der Waals surface area contributed by atoms with Crippen molar-refractivity contribution in [2.45, 2.75) is 6.92 Å². The van der Waals surface area contributed by atoms with E-state index < -0.39 is 0 Å². The lowest BCUT2D eigenvalue weighted by molar-refractivity contribution is 0.865. The number of hydrogen-bond acceptors (Lipinski definition) is 3. The molecule has 3 N–H and O–H groups in total. The molecule has 0 bridgehead atoms. The van der Waals surface area contributed by atoms with Crippen molar-refractivity contribution in [1.82, 2.24) is 20.0 Å². The van der Waals surface area contributed by atoms with Gasteiger partial charge in [-0.15, -0.1) is 0 Å². The van der Waals surface area contributed by atoms with Crippen molar-refractivity contribution in [3.05, 3.63) is 34.4 Å². The summed E-state index contributed by atoms with van der Waals surface area (Å²) in [6.07, 6.45) is 0. The zero-order chi connectivity index (χ0) is 12.0. The second kappa shape index (κ2) is 3.59. The largest absolute Gasteiger partial charge is 0.383 e. The first-order chi connectivity index (χ1) is 8.16. The van der Waals surface area contributed by atoms with Crippen molar-refractivity contribution < 1.29 is 0 Å². The topological polar surface area (TPSA) is 72.5 Å². The van der Waals surface area contributed by atoms with Crippen LogP contribution in [0.25, 0.3) is 16.7 Å². The Morgan fingerprint density at radius 3 is 3.00 bits per heavy atom. The van der Waals surface area contributed by atoms with Crippen molar-refractivity contribution in [2.75, 3.05) is 5.73 Å². The molecule has 86 valence electrons. The fourth-order valence-electron chi connectivity index (χ4n) is 1.89. The predicted octanol–water partition coefficient (Wildman–Crippen LogP) is 2.40. The number of nitrogen functional groups attached to an aromatic ring is 1. The van der Waals surface area contributed by atoms with Gasteiger partial charge in [0.1, 0.15) is 5.82 Å². The first-order valence-corrected chi connectivity index (χ1v) is 5.91. The maximum absolute atomic E-state index is 5.82. The van der Waals surface area contributed by atoms with Gasteiger partial charge in [0.25, 0.3) is 0 Å². The number of benzene rings is 1. The van der Waals surface area contributed by atoms with Gasteiger partial charge in [-0.05, 0) is 25.1 Å². The van der Waals surface area contributed by atoms with Gasteiger partial charge in [-0.2, -0.15) is 10.2 Å². The summed E-state index contributed by atoms with van der Waals surface area (Å²) in [5.41, 5.74) is 8.38. The van der Waals surface area contributed by atoms with Gasteiger partial charge in [0.05, 0.1) is 16.8 Å². The van der Waals surface area contributed by atoms with E-state index in [0.717, 1.165) is 26.9 Å². The van der Waals surface area contributed by atoms with Crippen LogP contribution in [0.15, 0.2) is 28.7 Å². The fourth-order valence-corrected chi connectivity index (χ4v) is 2.28. The number of anilines is 1. The quantitative estimate of drug-likeness (QED) is 0.723. The van der Waals surface area contributed by atoms with Crippen LogP contribution in [0, 0.1) is 6.92 Å². The van der Waals surface area contributed by atoms with E-state index in [-0.39, 0.29) is 0 Å². The Morgan fingerprint density at radius 2 is 2.24 bits per heavy atom. The minimum Gasteiger partial charge on any atom is -0.383 e. The molecule has 0 aliphatic rings. The molecule has 0 atom stereocenters. The number of aromatic amines is 1. The number of rotatable bonds is 1. The Balaban J connectivity index is 2.31. The molecule has 0 aliphatic heterocycles. The average Bonchev–Trinajstić information content (AvgIpc) is 2.82. The molecular formula is C11H10BrN5. The van der Waals surface area contributed by atoms with Crippen LogP contribution in [0.1, 0.15) is 5.69 Å². The summed E-state index contributed by atoms with van der Waals surface area (Å²) < 4.78 is 2.78. The number of H-pyrrole nitrogens is 1. The molecule has 0 spiro atoms. The molecule has 0 radical (unpaired) electrons. The predicted molar refractivity (Wildman–Crippen MR) is 70.1 cm³/mol. The van der Waals surface area contributed by atoms with Gasteiger partial charge in [0.2, 0.25) is 0 Å². The summed E-state index contributed by atoms with van der Waals surface area (Å²) in [5, 5.41) is 12.3. The molecule has 0 unspecified atom stereocenters. The zero-order valence-electron chi connectivity index (χ0n) is 9.11. The lowest BCUT2D eigenvalue weighted by Crippen LogP contribution is -1.97. The maximum atomic E-state index is 5.82. The van der Waals surface area contributed by atoms with Crippen LogP contribution in [0.5, 0.6) is 0 Å². The standard InChI is InChI=1S/C11H10BrN5/c1-6-9-10(13)14-15-11(9)17(16-6)8-4-2-3-7(12)5-8/h2-5H,1H3,(H3,13,14,15). The molecule has 0 fully saturated rings. The van der Waals surface area contributed by atoms with Crippen molar-refractivity contribution in [3.63, 3.8) is 0 Å². The highest BCUT2D eigenvalue weighted by Gasteiger charge is 2.14. The number of fused-ring (bicyclic) bond motifs is 1. The van der Waals surface area contributed by atoms with E-state index in [9.17, 15) is 0 Å². The van der Waals surface area contributed by atoms with Crippen LogP contribution >= 0.6 is 15.9 Å². The normalized spacial score (nSPS) is 11.2. The van der Waals surface area contributed by atoms with Crippen LogP contribution in [0.3, 0.4) is 0 Å². The second-order valence-electron chi connectivity index (χ2n) is 3.81. The first kappa shape index (κ1) is 10.3. The SMILES string of the molecule is Cc1nn(-c2cccc(Br)c2)c2n[nH]c(N)c12. The molecule has 3 rings (SSSR count). The fraction of sp³-hybridized carbons (Fsp3) is 0.0909. The molecule has 17 heavy (non-hydrogen) atoms. The molecular weight excluding hydrogens is 282 g/mol. The molecule has 0 saturated heterocycles.